The van der Waals surface area contributed by atoms with E-state index in [9.17, 15) is 4.39 Å². The molecular weight excluding hydrogens is 291 g/mol. The normalized spacial score (nSPS) is 20.7. The molecule has 0 unspecified atom stereocenters. The molecule has 3 nitrogen and oxygen atoms in total. The number of nitrogens with zero attached hydrogens (tertiary/aromatic N) is 2. The smallest absolute Gasteiger partial charge is 0.167 e. The molecule has 3 rings (SSSR count). The van der Waals surface area contributed by atoms with Crippen LogP contribution in [0.3, 0.4) is 0 Å². The van der Waals surface area contributed by atoms with Crippen LogP contribution in [0.25, 0.3) is 0 Å². The first-order valence-corrected chi connectivity index (χ1v) is 9.07. The molecule has 2 fully saturated rings. The Labute approximate surface area is 139 Å². The Bertz CT molecular complexity index is 494. The van der Waals surface area contributed by atoms with E-state index in [1.54, 1.807) is 12.1 Å². The lowest BCUT2D eigenvalue weighted by molar-refractivity contribution is 0.221. The molecule has 1 aliphatic heterocycles. The van der Waals surface area contributed by atoms with Gasteiger partial charge in [0.25, 0.3) is 0 Å². The lowest BCUT2D eigenvalue weighted by Crippen LogP contribution is -2.47. The summed E-state index contributed by atoms with van der Waals surface area (Å²) in [6.07, 6.45) is 8.53. The quantitative estimate of drug-likeness (QED) is 0.817. The molecule has 1 saturated heterocycles. The maximum atomic E-state index is 13.8. The van der Waals surface area contributed by atoms with Gasteiger partial charge in [-0.1, -0.05) is 32.1 Å². The standard InChI is InChI=1S/C19H29FN2O/c1-23-19-8-7-17(15-18(19)20)22-13-11-21(12-14-22)10-9-16-5-3-2-4-6-16/h7-8,15-16H,2-6,9-14H2,1H3. The minimum Gasteiger partial charge on any atom is -0.494 e. The number of anilines is 1. The van der Waals surface area contributed by atoms with Gasteiger partial charge in [0, 0.05) is 37.9 Å². The summed E-state index contributed by atoms with van der Waals surface area (Å²) in [5.41, 5.74) is 0.968. The number of hydrogen-bond donors (Lipinski definition) is 0. The van der Waals surface area contributed by atoms with Gasteiger partial charge in [0.05, 0.1) is 7.11 Å². The highest BCUT2D eigenvalue weighted by Gasteiger charge is 2.20. The monoisotopic (exact) mass is 320 g/mol. The number of halogens is 1. The van der Waals surface area contributed by atoms with Crippen molar-refractivity contribution in [3.63, 3.8) is 0 Å². The van der Waals surface area contributed by atoms with Crippen LogP contribution < -0.4 is 9.64 Å². The van der Waals surface area contributed by atoms with Crippen molar-refractivity contribution in [1.82, 2.24) is 4.90 Å². The van der Waals surface area contributed by atoms with Crippen molar-refractivity contribution in [2.45, 2.75) is 38.5 Å². The van der Waals surface area contributed by atoms with E-state index in [0.717, 1.165) is 37.8 Å². The molecule has 0 atom stereocenters. The molecule has 0 radical (unpaired) electrons. The molecular formula is C19H29FN2O. The third-order valence-corrected chi connectivity index (χ3v) is 5.45. The van der Waals surface area contributed by atoms with Gasteiger partial charge in [0.1, 0.15) is 0 Å². The van der Waals surface area contributed by atoms with Crippen LogP contribution >= 0.6 is 0 Å². The van der Waals surface area contributed by atoms with Crippen molar-refractivity contribution in [3.05, 3.63) is 24.0 Å². The molecule has 0 spiro atoms. The summed E-state index contributed by atoms with van der Waals surface area (Å²) in [6, 6.07) is 5.27. The van der Waals surface area contributed by atoms with Gasteiger partial charge >= 0.3 is 0 Å². The van der Waals surface area contributed by atoms with E-state index in [-0.39, 0.29) is 5.82 Å². The maximum absolute atomic E-state index is 13.8. The van der Waals surface area contributed by atoms with Crippen LogP contribution in [0.15, 0.2) is 18.2 Å². The van der Waals surface area contributed by atoms with Gasteiger partial charge in [0.15, 0.2) is 11.6 Å². The number of piperazine rings is 1. The second-order valence-corrected chi connectivity index (χ2v) is 6.94. The molecule has 0 amide bonds. The Morgan fingerprint density at radius 3 is 2.48 bits per heavy atom. The minimum atomic E-state index is -0.273. The predicted octanol–water partition coefficient (Wildman–Crippen LogP) is 3.93. The van der Waals surface area contributed by atoms with E-state index in [0.29, 0.717) is 5.75 Å². The Morgan fingerprint density at radius 2 is 1.83 bits per heavy atom. The summed E-state index contributed by atoms with van der Waals surface area (Å²) < 4.78 is 18.8. The van der Waals surface area contributed by atoms with Crippen LogP contribution in [0.5, 0.6) is 5.75 Å². The maximum Gasteiger partial charge on any atom is 0.167 e. The first-order valence-electron chi connectivity index (χ1n) is 9.07. The van der Waals surface area contributed by atoms with E-state index in [4.69, 9.17) is 4.74 Å². The molecule has 1 aliphatic carbocycles. The summed E-state index contributed by atoms with van der Waals surface area (Å²) in [4.78, 5) is 4.85. The van der Waals surface area contributed by atoms with Gasteiger partial charge < -0.3 is 9.64 Å². The van der Waals surface area contributed by atoms with Crippen molar-refractivity contribution in [3.8, 4) is 5.75 Å². The van der Waals surface area contributed by atoms with Crippen LogP contribution in [-0.2, 0) is 0 Å². The molecule has 1 saturated carbocycles. The van der Waals surface area contributed by atoms with Crippen molar-refractivity contribution in [1.29, 1.82) is 0 Å². The largest absolute Gasteiger partial charge is 0.494 e. The topological polar surface area (TPSA) is 15.7 Å². The van der Waals surface area contributed by atoms with Gasteiger partial charge in [0.2, 0.25) is 0 Å². The lowest BCUT2D eigenvalue weighted by atomic mass is 9.87. The fourth-order valence-corrected chi connectivity index (χ4v) is 3.92. The van der Waals surface area contributed by atoms with Crippen LogP contribution in [-0.4, -0.2) is 44.7 Å². The van der Waals surface area contributed by atoms with E-state index < -0.39 is 0 Å². The fourth-order valence-electron chi connectivity index (χ4n) is 3.92. The predicted molar refractivity (Wildman–Crippen MR) is 92.8 cm³/mol. The Kier molecular flexibility index (Phi) is 5.76. The van der Waals surface area contributed by atoms with Crippen molar-refractivity contribution in [2.75, 3.05) is 44.7 Å². The molecule has 1 aromatic rings. The van der Waals surface area contributed by atoms with Gasteiger partial charge in [-0.3, -0.25) is 4.90 Å². The molecule has 1 aromatic carbocycles. The van der Waals surface area contributed by atoms with E-state index in [1.807, 2.05) is 6.07 Å². The van der Waals surface area contributed by atoms with Crippen molar-refractivity contribution < 1.29 is 9.13 Å². The second-order valence-electron chi connectivity index (χ2n) is 6.94. The van der Waals surface area contributed by atoms with E-state index in [2.05, 4.69) is 9.80 Å². The zero-order chi connectivity index (χ0) is 16.1. The van der Waals surface area contributed by atoms with Gasteiger partial charge in [-0.05, 0) is 31.0 Å². The third-order valence-electron chi connectivity index (χ3n) is 5.45. The first kappa shape index (κ1) is 16.6. The van der Waals surface area contributed by atoms with Gasteiger partial charge in [-0.15, -0.1) is 0 Å². The summed E-state index contributed by atoms with van der Waals surface area (Å²) >= 11 is 0. The van der Waals surface area contributed by atoms with Crippen LogP contribution in [0.1, 0.15) is 38.5 Å². The first-order chi connectivity index (χ1) is 11.3. The second kappa shape index (κ2) is 8.00. The van der Waals surface area contributed by atoms with Crippen molar-refractivity contribution in [2.24, 2.45) is 5.92 Å². The average molecular weight is 320 g/mol. The number of rotatable bonds is 5. The Balaban J connectivity index is 1.45. The highest BCUT2D eigenvalue weighted by molar-refractivity contribution is 5.50. The number of hydrogen-bond acceptors (Lipinski definition) is 3. The zero-order valence-electron chi connectivity index (χ0n) is 14.3. The van der Waals surface area contributed by atoms with Gasteiger partial charge in [-0.2, -0.15) is 0 Å². The lowest BCUT2D eigenvalue weighted by Gasteiger charge is -2.37. The van der Waals surface area contributed by atoms with Crippen LogP contribution in [0.2, 0.25) is 0 Å². The molecule has 23 heavy (non-hydrogen) atoms. The molecule has 128 valence electrons. The summed E-state index contributed by atoms with van der Waals surface area (Å²) in [5.74, 6) is 1.00. The molecule has 4 heteroatoms. The van der Waals surface area contributed by atoms with E-state index in [1.165, 1.54) is 52.2 Å². The molecule has 0 bridgehead atoms. The summed E-state index contributed by atoms with van der Waals surface area (Å²) in [6.45, 7) is 5.36. The number of benzene rings is 1. The average Bonchev–Trinajstić information content (AvgIpc) is 2.61. The number of methoxy groups -OCH3 is 1. The summed E-state index contributed by atoms with van der Waals surface area (Å²) in [7, 11) is 1.50. The van der Waals surface area contributed by atoms with Crippen LogP contribution in [0.4, 0.5) is 10.1 Å². The Hall–Kier alpha value is -1.29. The number of ether oxygens (including phenoxy) is 1. The van der Waals surface area contributed by atoms with Crippen LogP contribution in [0, 0.1) is 11.7 Å². The third kappa shape index (κ3) is 4.37. The van der Waals surface area contributed by atoms with Gasteiger partial charge in [-0.25, -0.2) is 4.39 Å². The Morgan fingerprint density at radius 1 is 1.09 bits per heavy atom. The SMILES string of the molecule is COc1ccc(N2CCN(CCC3CCCCC3)CC2)cc1F. The molecule has 0 N–H and O–H groups in total. The summed E-state index contributed by atoms with van der Waals surface area (Å²) in [5, 5.41) is 0. The molecule has 1 heterocycles. The highest BCUT2D eigenvalue weighted by Crippen LogP contribution is 2.27. The molecule has 2 aliphatic rings. The minimum absolute atomic E-state index is 0.273. The van der Waals surface area contributed by atoms with E-state index >= 15 is 0 Å². The zero-order valence-corrected chi connectivity index (χ0v) is 14.3. The van der Waals surface area contributed by atoms with Crippen molar-refractivity contribution >= 4 is 5.69 Å². The highest BCUT2D eigenvalue weighted by atomic mass is 19.1. The fraction of sp³-hybridized carbons (Fsp3) is 0.684. The molecule has 0 aromatic heterocycles.